The number of aromatic nitrogens is 4. The van der Waals surface area contributed by atoms with Crippen molar-refractivity contribution in [3.8, 4) is 11.0 Å². The van der Waals surface area contributed by atoms with E-state index in [-0.39, 0.29) is 12.3 Å². The second-order valence-electron chi connectivity index (χ2n) is 16.5. The Morgan fingerprint density at radius 1 is 0.850 bits per heavy atom. The lowest BCUT2D eigenvalue weighted by atomic mass is 9.97. The second-order valence-corrected chi connectivity index (χ2v) is 20.3. The van der Waals surface area contributed by atoms with Gasteiger partial charge in [-0.15, -0.1) is 5.10 Å². The molecule has 9 rings (SSSR count). The van der Waals surface area contributed by atoms with Crippen molar-refractivity contribution in [2.45, 2.75) is 85.3 Å². The molecule has 10 heteroatoms. The van der Waals surface area contributed by atoms with Crippen LogP contribution in [0.2, 0.25) is 0 Å². The van der Waals surface area contributed by atoms with Crippen LogP contribution in [0.4, 0.5) is 5.69 Å². The van der Waals surface area contributed by atoms with Crippen molar-refractivity contribution in [1.82, 2.24) is 34.2 Å². The molecule has 2 aromatic heterocycles. The number of hydrogen-bond donors (Lipinski definition) is 0. The Hall–Kier alpha value is -5.42. The highest BCUT2D eigenvalue weighted by atomic mass is 31.1. The smallest absolute Gasteiger partial charge is 0.148 e. The zero-order valence-corrected chi connectivity index (χ0v) is 37.7. The summed E-state index contributed by atoms with van der Waals surface area (Å²) in [5.74, 6) is 0. The van der Waals surface area contributed by atoms with E-state index in [1.807, 2.05) is 6.08 Å². The summed E-state index contributed by atoms with van der Waals surface area (Å²) < 4.78 is 7.96. The van der Waals surface area contributed by atoms with Gasteiger partial charge in [0.25, 0.3) is 0 Å². The van der Waals surface area contributed by atoms with Gasteiger partial charge in [0.05, 0.1) is 30.8 Å². The van der Waals surface area contributed by atoms with Crippen LogP contribution >= 0.6 is 15.4 Å². The topological polar surface area (TPSA) is 56.6 Å². The van der Waals surface area contributed by atoms with E-state index in [1.54, 1.807) is 0 Å². The van der Waals surface area contributed by atoms with E-state index in [2.05, 4.69) is 181 Å². The third kappa shape index (κ3) is 7.18. The van der Waals surface area contributed by atoms with Crippen LogP contribution in [0.1, 0.15) is 75.1 Å². The van der Waals surface area contributed by atoms with Gasteiger partial charge in [0.2, 0.25) is 0 Å². The number of rotatable bonds is 7. The van der Waals surface area contributed by atoms with Gasteiger partial charge in [-0.2, -0.15) is 0 Å². The van der Waals surface area contributed by atoms with Crippen LogP contribution in [0.15, 0.2) is 150 Å². The molecule has 4 bridgehead atoms. The molecular weight excluding hydrogens is 775 g/mol. The lowest BCUT2D eigenvalue weighted by molar-refractivity contribution is 0.205. The lowest BCUT2D eigenvalue weighted by Crippen LogP contribution is -2.43. The fraction of sp³-hybridized carbons (Fsp3) is 0.320. The molecule has 4 atom stereocenters. The quantitative estimate of drug-likeness (QED) is 0.151. The standard InChI is InChI=1S/C50H57N8P2/c1-8-10-25-42(9-2)57-37(5)35(3)54-28-19-20-29-55-36(4)38(6)58-44-27-18-17-26-43(44)41(31-47(54)57)30-46-50(59(7)53-60(46)34-40-23-15-12-16-24-40)49-45(32-48(55)58)56(52-51-49)33-39-21-13-11-14-22-39/h8-18,21-27,31,47-48H,2,19-20,28-30,32-34H2,1,3-7H3/q+1/b10-8-,41-31+,42-25+. The summed E-state index contributed by atoms with van der Waals surface area (Å²) in [6, 6.07) is 30.9. The van der Waals surface area contributed by atoms with Crippen LogP contribution in [-0.2, 0) is 32.2 Å². The van der Waals surface area contributed by atoms with E-state index in [4.69, 9.17) is 14.8 Å². The average Bonchev–Trinajstić information content (AvgIpc) is 3.92. The minimum absolute atomic E-state index is 0.0247. The van der Waals surface area contributed by atoms with E-state index in [9.17, 15) is 0 Å². The Labute approximate surface area is 358 Å². The summed E-state index contributed by atoms with van der Waals surface area (Å²) in [6.45, 7) is 20.6. The Balaban J connectivity index is 1.34. The molecule has 8 nitrogen and oxygen atoms in total. The molecule has 60 heavy (non-hydrogen) atoms. The Kier molecular flexibility index (Phi) is 11.3. The SMILES string of the molecule is C=C/C(=C\C=C/C)N1C(C)=C(C)N2CCCCN3C(C)=C(C)N4c5ccccc5/C(=C/C21)Cc1c([p+](C)np1Cc1ccccc1)-c1nnn(Cc2ccccc2)c1CC34. The maximum Gasteiger partial charge on any atom is 0.148 e. The zero-order chi connectivity index (χ0) is 41.5. The molecule has 4 unspecified atom stereocenters. The summed E-state index contributed by atoms with van der Waals surface area (Å²) in [4.78, 5) is 10.5. The minimum Gasteiger partial charge on any atom is -0.353 e. The second kappa shape index (κ2) is 16.9. The van der Waals surface area contributed by atoms with Crippen LogP contribution in [0, 0.1) is 0 Å². The number of hydrogen-bond acceptors (Lipinski definition) is 7. The van der Waals surface area contributed by atoms with Gasteiger partial charge in [-0.1, -0.05) is 107 Å². The third-order valence-electron chi connectivity index (χ3n) is 13.0. The first-order chi connectivity index (χ1) is 29.3. The molecule has 0 spiro atoms. The maximum atomic E-state index is 5.75. The summed E-state index contributed by atoms with van der Waals surface area (Å²) in [7, 11) is -1.71. The number of fused-ring (bicyclic) bond motifs is 4. The van der Waals surface area contributed by atoms with E-state index < -0.39 is 15.4 Å². The summed E-state index contributed by atoms with van der Waals surface area (Å²) in [5, 5.41) is 13.0. The number of anilines is 1. The first-order valence-corrected chi connectivity index (χ1v) is 24.7. The minimum atomic E-state index is -0.861. The van der Waals surface area contributed by atoms with Gasteiger partial charge in [0, 0.05) is 60.0 Å². The zero-order valence-electron chi connectivity index (χ0n) is 36.0. The normalized spacial score (nSPS) is 21.0. The summed E-state index contributed by atoms with van der Waals surface area (Å²) >= 11 is 0. The van der Waals surface area contributed by atoms with Gasteiger partial charge in [-0.05, 0) is 88.5 Å². The van der Waals surface area contributed by atoms with Crippen LogP contribution in [0.25, 0.3) is 16.6 Å². The van der Waals surface area contributed by atoms with Gasteiger partial charge in [-0.25, -0.2) is 4.68 Å². The summed E-state index contributed by atoms with van der Waals surface area (Å²) in [5.41, 5.74) is 15.0. The first kappa shape index (κ1) is 40.0. The highest BCUT2D eigenvalue weighted by Gasteiger charge is 2.42. The monoisotopic (exact) mass is 831 g/mol. The van der Waals surface area contributed by atoms with Crippen LogP contribution in [0.5, 0.6) is 0 Å². The van der Waals surface area contributed by atoms with Gasteiger partial charge in [0.1, 0.15) is 44.0 Å². The number of benzene rings is 3. The molecule has 0 aliphatic carbocycles. The number of para-hydroxylation sites is 1. The van der Waals surface area contributed by atoms with Crippen molar-refractivity contribution < 1.29 is 0 Å². The maximum absolute atomic E-state index is 5.75. The Bertz CT molecular complexity index is 2580. The summed E-state index contributed by atoms with van der Waals surface area (Å²) in [6.07, 6.45) is 15.7. The molecule has 306 valence electrons. The molecule has 3 aromatic carbocycles. The molecule has 0 saturated heterocycles. The van der Waals surface area contributed by atoms with Crippen molar-refractivity contribution in [1.29, 1.82) is 0 Å². The van der Waals surface area contributed by atoms with Crippen LogP contribution < -0.4 is 4.90 Å². The first-order valence-electron chi connectivity index (χ1n) is 21.5. The fourth-order valence-corrected chi connectivity index (χ4v) is 15.3. The molecule has 0 fully saturated rings. The average molecular weight is 832 g/mol. The largest absolute Gasteiger partial charge is 0.353 e. The lowest BCUT2D eigenvalue weighted by Gasteiger charge is -2.36. The van der Waals surface area contributed by atoms with E-state index >= 15 is 0 Å². The molecule has 0 amide bonds. The molecule has 0 radical (unpaired) electrons. The van der Waals surface area contributed by atoms with Gasteiger partial charge >= 0.3 is 0 Å². The van der Waals surface area contributed by atoms with Gasteiger partial charge in [-0.3, -0.25) is 0 Å². The van der Waals surface area contributed by atoms with Crippen molar-refractivity contribution in [3.05, 3.63) is 178 Å². The van der Waals surface area contributed by atoms with E-state index in [0.29, 0.717) is 6.54 Å². The molecule has 4 aliphatic heterocycles. The third-order valence-corrected chi connectivity index (χ3v) is 17.9. The predicted octanol–water partition coefficient (Wildman–Crippen LogP) is 11.7. The van der Waals surface area contributed by atoms with Gasteiger partial charge in [0.15, 0.2) is 0 Å². The van der Waals surface area contributed by atoms with E-state index in [0.717, 1.165) is 56.3 Å². The predicted molar refractivity (Wildman–Crippen MR) is 251 cm³/mol. The van der Waals surface area contributed by atoms with Crippen LogP contribution in [-0.4, -0.2) is 59.6 Å². The van der Waals surface area contributed by atoms with Gasteiger partial charge < -0.3 is 19.6 Å². The van der Waals surface area contributed by atoms with Crippen LogP contribution in [0.3, 0.4) is 0 Å². The molecule has 5 aromatic rings. The van der Waals surface area contributed by atoms with E-state index in [1.165, 1.54) is 67.0 Å². The molecule has 4 aliphatic rings. The highest BCUT2D eigenvalue weighted by Crippen LogP contribution is 2.55. The van der Waals surface area contributed by atoms with Crippen molar-refractivity contribution in [3.63, 3.8) is 0 Å². The Morgan fingerprint density at radius 2 is 1.53 bits per heavy atom. The Morgan fingerprint density at radius 3 is 2.27 bits per heavy atom. The molecule has 6 heterocycles. The molecule has 0 saturated carbocycles. The van der Waals surface area contributed by atoms with Crippen molar-refractivity contribution >= 4 is 26.6 Å². The van der Waals surface area contributed by atoms with Crippen molar-refractivity contribution in [2.75, 3.05) is 18.0 Å². The molecular formula is C50H57N8P2+. The van der Waals surface area contributed by atoms with Crippen molar-refractivity contribution in [2.24, 2.45) is 6.66 Å². The number of nitrogens with zero attached hydrogens (tertiary/aromatic N) is 8. The highest BCUT2D eigenvalue weighted by molar-refractivity contribution is 7.61. The molecule has 0 N–H and O–H groups in total. The fourth-order valence-electron chi connectivity index (χ4n) is 9.82. The number of aryl methyl sites for hydroxylation is 1. The number of allylic oxidation sites excluding steroid dienone is 9.